The summed E-state index contributed by atoms with van der Waals surface area (Å²) in [4.78, 5) is 16.3. The summed E-state index contributed by atoms with van der Waals surface area (Å²) < 4.78 is 0. The van der Waals surface area contributed by atoms with Gasteiger partial charge >= 0.3 is 0 Å². The molecule has 34 heavy (non-hydrogen) atoms. The van der Waals surface area contributed by atoms with E-state index < -0.39 is 16.7 Å². The highest BCUT2D eigenvalue weighted by molar-refractivity contribution is 6.11. The molecule has 1 amide bonds. The molecule has 0 saturated carbocycles. The predicted octanol–water partition coefficient (Wildman–Crippen LogP) is 4.23. The molecule has 0 unspecified atom stereocenters. The van der Waals surface area contributed by atoms with Crippen molar-refractivity contribution < 1.29 is 4.79 Å². The second kappa shape index (κ2) is 7.62. The summed E-state index contributed by atoms with van der Waals surface area (Å²) in [5.74, 6) is -0.597. The van der Waals surface area contributed by atoms with Crippen molar-refractivity contribution in [2.24, 2.45) is 23.0 Å². The molecule has 2 aliphatic carbocycles. The van der Waals surface area contributed by atoms with E-state index in [9.17, 15) is 20.6 Å². The first-order chi connectivity index (χ1) is 16.5. The van der Waals surface area contributed by atoms with E-state index in [0.717, 1.165) is 12.0 Å². The Morgan fingerprint density at radius 3 is 2.41 bits per heavy atom. The Morgan fingerprint density at radius 2 is 1.74 bits per heavy atom. The van der Waals surface area contributed by atoms with Gasteiger partial charge in [0.1, 0.15) is 11.5 Å². The molecule has 2 aromatic rings. The molecule has 5 rings (SSSR count). The average molecular weight is 446 g/mol. The Morgan fingerprint density at radius 1 is 1.06 bits per heavy atom. The number of rotatable bonds is 2. The fraction of sp³-hybridized carbons (Fsp3) is 0.286. The van der Waals surface area contributed by atoms with Crippen LogP contribution >= 0.6 is 0 Å². The van der Waals surface area contributed by atoms with Crippen molar-refractivity contribution in [2.45, 2.75) is 31.7 Å². The molecular weight excluding hydrogens is 422 g/mol. The van der Waals surface area contributed by atoms with Gasteiger partial charge in [0.25, 0.3) is 0 Å². The first kappa shape index (κ1) is 21.5. The number of para-hydroxylation sites is 1. The fourth-order valence-electron chi connectivity index (χ4n) is 6.15. The molecule has 0 radical (unpaired) electrons. The van der Waals surface area contributed by atoms with Gasteiger partial charge in [0, 0.05) is 11.6 Å². The van der Waals surface area contributed by atoms with Crippen LogP contribution in [0.25, 0.3) is 0 Å². The van der Waals surface area contributed by atoms with Crippen LogP contribution in [0.1, 0.15) is 30.9 Å². The SMILES string of the molecule is C[C@@H]1CC=C2C(C#N)=C(N)C(C#N)(C#N)[C@]3(C(=O)N(Cc4ccccc4)c4ccccc43)[C@H]2C1. The summed E-state index contributed by atoms with van der Waals surface area (Å²) in [6, 6.07) is 23.5. The highest BCUT2D eigenvalue weighted by Gasteiger charge is 2.72. The summed E-state index contributed by atoms with van der Waals surface area (Å²) >= 11 is 0. The Kier molecular flexibility index (Phi) is 4.82. The summed E-state index contributed by atoms with van der Waals surface area (Å²) in [7, 11) is 0. The maximum absolute atomic E-state index is 14.6. The third-order valence-electron chi connectivity index (χ3n) is 7.66. The monoisotopic (exact) mass is 445 g/mol. The number of carbonyl (C=O) groups is 1. The second-order valence-electron chi connectivity index (χ2n) is 9.36. The quantitative estimate of drug-likeness (QED) is 0.742. The lowest BCUT2D eigenvalue weighted by Crippen LogP contribution is -2.61. The van der Waals surface area contributed by atoms with Gasteiger partial charge in [-0.1, -0.05) is 61.5 Å². The van der Waals surface area contributed by atoms with Crippen molar-refractivity contribution in [3.05, 3.63) is 88.6 Å². The normalized spacial score (nSPS) is 26.7. The number of carbonyl (C=O) groups excluding carboxylic acids is 1. The Bertz CT molecular complexity index is 1370. The smallest absolute Gasteiger partial charge is 0.241 e. The number of nitrogens with zero attached hydrogens (tertiary/aromatic N) is 4. The summed E-state index contributed by atoms with van der Waals surface area (Å²) in [5.41, 5.74) is 5.93. The lowest BCUT2D eigenvalue weighted by atomic mass is 9.47. The molecule has 0 aromatic heterocycles. The number of hydrogen-bond donors (Lipinski definition) is 1. The highest BCUT2D eigenvalue weighted by Crippen LogP contribution is 2.65. The molecule has 166 valence electrons. The molecule has 6 nitrogen and oxygen atoms in total. The lowest BCUT2D eigenvalue weighted by molar-refractivity contribution is -0.127. The molecule has 0 saturated heterocycles. The standard InChI is InChI=1S/C28H23N5O/c1-18-11-12-20-21(14-29)25(32)27(16-30,17-31)28(23(20)13-18)22-9-5-6-10-24(22)33(26(28)34)15-19-7-3-2-4-8-19/h2-10,12,18,23H,11,13,15,32H2,1H3/t18-,23+,28+/m1/s1. The van der Waals surface area contributed by atoms with E-state index in [1.54, 1.807) is 4.90 Å². The van der Waals surface area contributed by atoms with Crippen LogP contribution in [0.2, 0.25) is 0 Å². The van der Waals surface area contributed by atoms with Crippen LogP contribution in [-0.4, -0.2) is 5.91 Å². The van der Waals surface area contributed by atoms with Crippen molar-refractivity contribution >= 4 is 11.6 Å². The molecule has 6 heteroatoms. The van der Waals surface area contributed by atoms with Crippen LogP contribution in [0.4, 0.5) is 5.69 Å². The van der Waals surface area contributed by atoms with Crippen LogP contribution in [0.5, 0.6) is 0 Å². The van der Waals surface area contributed by atoms with Gasteiger partial charge in [0.15, 0.2) is 0 Å². The van der Waals surface area contributed by atoms with Gasteiger partial charge in [-0.2, -0.15) is 15.8 Å². The van der Waals surface area contributed by atoms with Crippen LogP contribution in [0.15, 0.2) is 77.5 Å². The van der Waals surface area contributed by atoms with E-state index in [2.05, 4.69) is 25.1 Å². The van der Waals surface area contributed by atoms with Crippen LogP contribution in [0, 0.1) is 51.2 Å². The molecule has 0 bridgehead atoms. The fourth-order valence-corrected chi connectivity index (χ4v) is 6.15. The van der Waals surface area contributed by atoms with Gasteiger partial charge in [-0.3, -0.25) is 4.79 Å². The van der Waals surface area contributed by atoms with Gasteiger partial charge in [-0.15, -0.1) is 0 Å². The molecule has 1 spiro atoms. The summed E-state index contributed by atoms with van der Waals surface area (Å²) in [6.45, 7) is 2.39. The van der Waals surface area contributed by atoms with E-state index in [1.165, 1.54) is 0 Å². The van der Waals surface area contributed by atoms with Gasteiger partial charge < -0.3 is 10.6 Å². The number of nitriles is 3. The van der Waals surface area contributed by atoms with Crippen LogP contribution < -0.4 is 10.6 Å². The first-order valence-corrected chi connectivity index (χ1v) is 11.3. The zero-order valence-electron chi connectivity index (χ0n) is 18.8. The van der Waals surface area contributed by atoms with E-state index in [1.807, 2.05) is 60.7 Å². The molecule has 2 aromatic carbocycles. The van der Waals surface area contributed by atoms with E-state index in [4.69, 9.17) is 5.73 Å². The van der Waals surface area contributed by atoms with Gasteiger partial charge in [0.05, 0.1) is 30.0 Å². The topological polar surface area (TPSA) is 118 Å². The van der Waals surface area contributed by atoms with Gasteiger partial charge in [0.2, 0.25) is 11.3 Å². The van der Waals surface area contributed by atoms with E-state index >= 15 is 0 Å². The maximum Gasteiger partial charge on any atom is 0.241 e. The highest BCUT2D eigenvalue weighted by atomic mass is 16.2. The Balaban J connectivity index is 1.86. The zero-order valence-corrected chi connectivity index (χ0v) is 18.8. The average Bonchev–Trinajstić information content (AvgIpc) is 3.11. The number of hydrogen-bond acceptors (Lipinski definition) is 5. The van der Waals surface area contributed by atoms with E-state index in [-0.39, 0.29) is 23.1 Å². The number of benzene rings is 2. The number of allylic oxidation sites excluding steroid dienone is 4. The maximum atomic E-state index is 14.6. The minimum atomic E-state index is -2.00. The van der Waals surface area contributed by atoms with Crippen LogP contribution in [0.3, 0.4) is 0 Å². The van der Waals surface area contributed by atoms with Gasteiger partial charge in [-0.05, 0) is 41.5 Å². The molecule has 3 atom stereocenters. The third kappa shape index (κ3) is 2.50. The van der Waals surface area contributed by atoms with Crippen molar-refractivity contribution in [3.63, 3.8) is 0 Å². The molecule has 1 heterocycles. The number of amides is 1. The van der Waals surface area contributed by atoms with Gasteiger partial charge in [-0.25, -0.2) is 0 Å². The van der Waals surface area contributed by atoms with E-state index in [0.29, 0.717) is 29.8 Å². The first-order valence-electron chi connectivity index (χ1n) is 11.3. The number of fused-ring (bicyclic) bond motifs is 4. The zero-order chi connectivity index (χ0) is 24.1. The summed E-state index contributed by atoms with van der Waals surface area (Å²) in [5, 5.41) is 31.1. The largest absolute Gasteiger partial charge is 0.399 e. The van der Waals surface area contributed by atoms with Crippen molar-refractivity contribution in [2.75, 3.05) is 4.90 Å². The van der Waals surface area contributed by atoms with Crippen molar-refractivity contribution in [1.82, 2.24) is 0 Å². The Labute approximate surface area is 198 Å². The second-order valence-corrected chi connectivity index (χ2v) is 9.36. The predicted molar refractivity (Wildman–Crippen MR) is 126 cm³/mol. The molecule has 3 aliphatic rings. The minimum Gasteiger partial charge on any atom is -0.399 e. The van der Waals surface area contributed by atoms with Crippen LogP contribution in [-0.2, 0) is 16.8 Å². The molecule has 1 aliphatic heterocycles. The molecule has 2 N–H and O–H groups in total. The third-order valence-corrected chi connectivity index (χ3v) is 7.66. The molecular formula is C28H23N5O. The van der Waals surface area contributed by atoms with Crippen molar-refractivity contribution in [1.29, 1.82) is 15.8 Å². The minimum absolute atomic E-state index is 0.123. The summed E-state index contributed by atoms with van der Waals surface area (Å²) in [6.07, 6.45) is 3.30. The van der Waals surface area contributed by atoms with Crippen molar-refractivity contribution in [3.8, 4) is 18.2 Å². The lowest BCUT2D eigenvalue weighted by Gasteiger charge is -2.50. The number of nitrogens with two attached hydrogens (primary N) is 1. The number of anilines is 1. The Hall–Kier alpha value is -4.34. The molecule has 0 fully saturated rings.